The zero-order valence-electron chi connectivity index (χ0n) is 17.6. The molecule has 2 aromatic carbocycles. The summed E-state index contributed by atoms with van der Waals surface area (Å²) in [6, 6.07) is 14.2. The second kappa shape index (κ2) is 12.2. The number of imidazole rings is 1. The smallest absolute Gasteiger partial charge is 0.222 e. The van der Waals surface area contributed by atoms with Gasteiger partial charge >= 0.3 is 0 Å². The van der Waals surface area contributed by atoms with Crippen molar-refractivity contribution in [3.63, 3.8) is 0 Å². The fourth-order valence-electron chi connectivity index (χ4n) is 3.19. The number of amides is 1. The van der Waals surface area contributed by atoms with E-state index in [4.69, 9.17) is 15.2 Å². The Morgan fingerprint density at radius 2 is 1.68 bits per heavy atom. The molecule has 0 saturated heterocycles. The monoisotopic (exact) mass is 466 g/mol. The Labute approximate surface area is 194 Å². The van der Waals surface area contributed by atoms with Gasteiger partial charge in [0.1, 0.15) is 23.4 Å². The Balaban J connectivity index is 0.00000240. The quantitative estimate of drug-likeness (QED) is 0.529. The van der Waals surface area contributed by atoms with E-state index in [9.17, 15) is 4.79 Å². The molecule has 0 aliphatic carbocycles. The number of hydrogen-bond donors (Lipinski definition) is 2. The van der Waals surface area contributed by atoms with Gasteiger partial charge in [0.25, 0.3) is 0 Å². The van der Waals surface area contributed by atoms with E-state index in [2.05, 4.69) is 10.3 Å². The molecule has 3 aromatic rings. The summed E-state index contributed by atoms with van der Waals surface area (Å²) >= 11 is 0. The molecular weight excluding hydrogens is 439 g/mol. The van der Waals surface area contributed by atoms with Gasteiger partial charge in [-0.1, -0.05) is 30.3 Å². The van der Waals surface area contributed by atoms with Gasteiger partial charge in [-0.25, -0.2) is 4.98 Å². The first-order chi connectivity index (χ1) is 14.0. The molecule has 0 radical (unpaired) electrons. The van der Waals surface area contributed by atoms with Crippen molar-refractivity contribution in [1.82, 2.24) is 14.9 Å². The minimum atomic E-state index is -0.477. The van der Waals surface area contributed by atoms with Crippen LogP contribution >= 0.6 is 24.8 Å². The van der Waals surface area contributed by atoms with Crippen molar-refractivity contribution in [1.29, 1.82) is 0 Å². The van der Waals surface area contributed by atoms with Gasteiger partial charge in [-0.15, -0.1) is 24.8 Å². The number of rotatable bonds is 8. The van der Waals surface area contributed by atoms with Crippen LogP contribution in [-0.2, 0) is 11.8 Å². The van der Waals surface area contributed by atoms with E-state index < -0.39 is 12.1 Å². The summed E-state index contributed by atoms with van der Waals surface area (Å²) in [6.45, 7) is 0. The maximum atomic E-state index is 12.8. The molecule has 31 heavy (non-hydrogen) atoms. The lowest BCUT2D eigenvalue weighted by atomic mass is 10.0. The van der Waals surface area contributed by atoms with Crippen molar-refractivity contribution >= 4 is 30.7 Å². The van der Waals surface area contributed by atoms with Gasteiger partial charge in [0, 0.05) is 38.0 Å². The highest BCUT2D eigenvalue weighted by Gasteiger charge is 2.23. The van der Waals surface area contributed by atoms with Crippen LogP contribution in [-0.4, -0.2) is 29.7 Å². The summed E-state index contributed by atoms with van der Waals surface area (Å²) in [5.41, 5.74) is 7.95. The molecular formula is C22H28Cl2N4O3. The molecule has 2 atom stereocenters. The molecule has 0 aliphatic rings. The first kappa shape index (κ1) is 26.3. The molecule has 1 heterocycles. The van der Waals surface area contributed by atoms with Crippen LogP contribution in [0.1, 0.15) is 35.5 Å². The predicted molar refractivity (Wildman–Crippen MR) is 125 cm³/mol. The molecule has 0 fully saturated rings. The number of aryl methyl sites for hydroxylation is 1. The Hall–Kier alpha value is -2.74. The van der Waals surface area contributed by atoms with Crippen LogP contribution in [0.3, 0.4) is 0 Å². The summed E-state index contributed by atoms with van der Waals surface area (Å²) in [6.07, 6.45) is 3.69. The summed E-state index contributed by atoms with van der Waals surface area (Å²) < 4.78 is 12.6. The normalized spacial score (nSPS) is 12.0. The summed E-state index contributed by atoms with van der Waals surface area (Å²) in [5, 5.41) is 3.07. The number of hydrogen-bond acceptors (Lipinski definition) is 5. The highest BCUT2D eigenvalue weighted by Crippen LogP contribution is 2.29. The second-order valence-corrected chi connectivity index (χ2v) is 6.76. The van der Waals surface area contributed by atoms with Gasteiger partial charge < -0.3 is 25.1 Å². The maximum Gasteiger partial charge on any atom is 0.222 e. The SMILES string of the molecule is COc1cc(OC)cc(C(NC(=O)CC(N)c2ccccc2)c2nccn2C)c1.Cl.Cl. The topological polar surface area (TPSA) is 91.4 Å². The van der Waals surface area contributed by atoms with Gasteiger partial charge in [0.2, 0.25) is 5.91 Å². The molecule has 7 nitrogen and oxygen atoms in total. The van der Waals surface area contributed by atoms with Crippen LogP contribution in [0.25, 0.3) is 0 Å². The van der Waals surface area contributed by atoms with Gasteiger partial charge in [-0.2, -0.15) is 0 Å². The predicted octanol–water partition coefficient (Wildman–Crippen LogP) is 3.58. The van der Waals surface area contributed by atoms with E-state index >= 15 is 0 Å². The number of nitrogens with zero attached hydrogens (tertiary/aromatic N) is 2. The molecule has 3 N–H and O–H groups in total. The summed E-state index contributed by atoms with van der Waals surface area (Å²) in [7, 11) is 5.06. The maximum absolute atomic E-state index is 12.8. The van der Waals surface area contributed by atoms with Crippen molar-refractivity contribution in [3.05, 3.63) is 77.9 Å². The molecule has 1 amide bonds. The standard InChI is InChI=1S/C22H26N4O3.2ClH/c1-26-10-9-24-22(26)21(16-11-17(28-2)13-18(12-16)29-3)25-20(27)14-19(23)15-7-5-4-6-8-15;;/h4-13,19,21H,14,23H2,1-3H3,(H,25,27);2*1H. The van der Waals surface area contributed by atoms with Crippen LogP contribution in [0, 0.1) is 0 Å². The van der Waals surface area contributed by atoms with Crippen molar-refractivity contribution in [2.75, 3.05) is 14.2 Å². The highest BCUT2D eigenvalue weighted by atomic mass is 35.5. The fourth-order valence-corrected chi connectivity index (χ4v) is 3.19. The Bertz CT molecular complexity index is 944. The zero-order chi connectivity index (χ0) is 20.8. The third kappa shape index (κ3) is 6.62. The van der Waals surface area contributed by atoms with E-state index in [0.717, 1.165) is 11.1 Å². The van der Waals surface area contributed by atoms with Gasteiger partial charge in [-0.05, 0) is 23.3 Å². The van der Waals surface area contributed by atoms with Gasteiger partial charge in [-0.3, -0.25) is 4.79 Å². The van der Waals surface area contributed by atoms with Crippen molar-refractivity contribution in [2.24, 2.45) is 12.8 Å². The third-order valence-electron chi connectivity index (χ3n) is 4.76. The molecule has 3 rings (SSSR count). The molecule has 1 aromatic heterocycles. The van der Waals surface area contributed by atoms with E-state index in [1.54, 1.807) is 26.5 Å². The van der Waals surface area contributed by atoms with E-state index in [1.807, 2.05) is 60.3 Å². The lowest BCUT2D eigenvalue weighted by molar-refractivity contribution is -0.122. The average Bonchev–Trinajstić information content (AvgIpc) is 3.17. The molecule has 0 saturated carbocycles. The first-order valence-corrected chi connectivity index (χ1v) is 9.32. The van der Waals surface area contributed by atoms with Gasteiger partial charge in [0.05, 0.1) is 14.2 Å². The van der Waals surface area contributed by atoms with E-state index in [0.29, 0.717) is 17.3 Å². The minimum absolute atomic E-state index is 0. The number of methoxy groups -OCH3 is 2. The van der Waals surface area contributed by atoms with Crippen LogP contribution in [0.4, 0.5) is 0 Å². The largest absolute Gasteiger partial charge is 0.497 e. The van der Waals surface area contributed by atoms with Crippen LogP contribution in [0.15, 0.2) is 60.9 Å². The number of carbonyl (C=O) groups is 1. The number of nitrogens with one attached hydrogen (secondary N) is 1. The molecule has 2 unspecified atom stereocenters. The zero-order valence-corrected chi connectivity index (χ0v) is 19.3. The van der Waals surface area contributed by atoms with Crippen LogP contribution in [0.5, 0.6) is 11.5 Å². The highest BCUT2D eigenvalue weighted by molar-refractivity contribution is 5.85. The van der Waals surface area contributed by atoms with Gasteiger partial charge in [0.15, 0.2) is 0 Å². The molecule has 0 bridgehead atoms. The minimum Gasteiger partial charge on any atom is -0.497 e. The third-order valence-corrected chi connectivity index (χ3v) is 4.76. The molecule has 0 aliphatic heterocycles. The fraction of sp³-hybridized carbons (Fsp3) is 0.273. The number of ether oxygens (including phenoxy) is 2. The molecule has 9 heteroatoms. The number of benzene rings is 2. The number of carbonyl (C=O) groups excluding carboxylic acids is 1. The van der Waals surface area contributed by atoms with Crippen molar-refractivity contribution in [2.45, 2.75) is 18.5 Å². The summed E-state index contributed by atoms with van der Waals surface area (Å²) in [5.74, 6) is 1.79. The average molecular weight is 467 g/mol. The second-order valence-electron chi connectivity index (χ2n) is 6.76. The van der Waals surface area contributed by atoms with Crippen LogP contribution in [0.2, 0.25) is 0 Å². The number of halogens is 2. The van der Waals surface area contributed by atoms with Crippen molar-refractivity contribution in [3.8, 4) is 11.5 Å². The molecule has 168 valence electrons. The number of nitrogens with two attached hydrogens (primary N) is 1. The van der Waals surface area contributed by atoms with E-state index in [-0.39, 0.29) is 37.1 Å². The Morgan fingerprint density at radius 1 is 1.06 bits per heavy atom. The Kier molecular flexibility index (Phi) is 10.3. The summed E-state index contributed by atoms with van der Waals surface area (Å²) in [4.78, 5) is 17.3. The van der Waals surface area contributed by atoms with E-state index in [1.165, 1.54) is 0 Å². The molecule has 0 spiro atoms. The number of aromatic nitrogens is 2. The first-order valence-electron chi connectivity index (χ1n) is 9.32. The van der Waals surface area contributed by atoms with Crippen molar-refractivity contribution < 1.29 is 14.3 Å². The Morgan fingerprint density at radius 3 is 2.19 bits per heavy atom. The van der Waals surface area contributed by atoms with Crippen LogP contribution < -0.4 is 20.5 Å². The lowest BCUT2D eigenvalue weighted by Gasteiger charge is -2.21. The lowest BCUT2D eigenvalue weighted by Crippen LogP contribution is -2.33.